The fourth-order valence-electron chi connectivity index (χ4n) is 2.45. The number of fused-ring (bicyclic) bond motifs is 1. The highest BCUT2D eigenvalue weighted by atomic mass is 35.5. The first-order valence-electron chi connectivity index (χ1n) is 7.14. The SMILES string of the molecule is O=C(Oc1c(Cl)cc(Cl)c2ccccc12)c1ccc(F)cc1C(F)(F)F. The van der Waals surface area contributed by atoms with Gasteiger partial charge in [-0.25, -0.2) is 9.18 Å². The molecule has 0 aliphatic carbocycles. The smallest absolute Gasteiger partial charge is 0.417 e. The third-order valence-electron chi connectivity index (χ3n) is 3.60. The van der Waals surface area contributed by atoms with E-state index in [0.717, 1.165) is 6.07 Å². The molecule has 0 atom stereocenters. The number of benzene rings is 3. The summed E-state index contributed by atoms with van der Waals surface area (Å²) in [6.07, 6.45) is -4.93. The van der Waals surface area contributed by atoms with Gasteiger partial charge in [-0.3, -0.25) is 0 Å². The Bertz CT molecular complexity index is 1020. The Morgan fingerprint density at radius 3 is 2.23 bits per heavy atom. The molecule has 0 N–H and O–H groups in total. The van der Waals surface area contributed by atoms with Crippen LogP contribution in [0.15, 0.2) is 48.5 Å². The molecule has 3 rings (SSSR count). The van der Waals surface area contributed by atoms with E-state index in [0.29, 0.717) is 21.9 Å². The fraction of sp³-hybridized carbons (Fsp3) is 0.0556. The molecule has 0 spiro atoms. The molecule has 0 aromatic heterocycles. The van der Waals surface area contributed by atoms with E-state index in [4.69, 9.17) is 27.9 Å². The first-order valence-corrected chi connectivity index (χ1v) is 7.89. The number of halogens is 6. The van der Waals surface area contributed by atoms with Crippen LogP contribution in [-0.2, 0) is 6.18 Å². The summed E-state index contributed by atoms with van der Waals surface area (Å²) >= 11 is 12.1. The predicted octanol–water partition coefficient (Wildman–Crippen LogP) is 6.52. The average Bonchev–Trinajstić information content (AvgIpc) is 2.57. The van der Waals surface area contributed by atoms with Crippen molar-refractivity contribution in [3.63, 3.8) is 0 Å². The van der Waals surface area contributed by atoms with E-state index in [2.05, 4.69) is 0 Å². The Morgan fingerprint density at radius 2 is 1.58 bits per heavy atom. The first-order chi connectivity index (χ1) is 12.2. The summed E-state index contributed by atoms with van der Waals surface area (Å²) in [6, 6.07) is 9.54. The molecule has 134 valence electrons. The molecular formula is C18H8Cl2F4O2. The first kappa shape index (κ1) is 18.5. The molecule has 0 saturated carbocycles. The average molecular weight is 403 g/mol. The van der Waals surface area contributed by atoms with Crippen molar-refractivity contribution in [3.05, 3.63) is 75.5 Å². The number of alkyl halides is 3. The summed E-state index contributed by atoms with van der Waals surface area (Å²) in [6.45, 7) is 0. The van der Waals surface area contributed by atoms with Gasteiger partial charge in [0.25, 0.3) is 0 Å². The molecule has 0 amide bonds. The number of carbonyl (C=O) groups excluding carboxylic acids is 1. The lowest BCUT2D eigenvalue weighted by Gasteiger charge is -2.14. The van der Waals surface area contributed by atoms with Gasteiger partial charge in [0.1, 0.15) is 5.82 Å². The van der Waals surface area contributed by atoms with Crippen LogP contribution in [0.1, 0.15) is 15.9 Å². The molecule has 26 heavy (non-hydrogen) atoms. The topological polar surface area (TPSA) is 26.3 Å². The molecule has 0 unspecified atom stereocenters. The maximum atomic E-state index is 13.2. The number of esters is 1. The van der Waals surface area contributed by atoms with Crippen LogP contribution in [-0.4, -0.2) is 5.97 Å². The molecule has 8 heteroatoms. The standard InChI is InChI=1S/C18H8Cl2F4O2/c19-14-8-15(20)16(11-4-2-1-3-10(11)14)26-17(25)12-6-5-9(21)7-13(12)18(22,23)24/h1-8H. The van der Waals surface area contributed by atoms with E-state index >= 15 is 0 Å². The zero-order valence-corrected chi connectivity index (χ0v) is 14.2. The van der Waals surface area contributed by atoms with Gasteiger partial charge in [0.05, 0.1) is 21.2 Å². The van der Waals surface area contributed by atoms with Crippen molar-refractivity contribution < 1.29 is 27.1 Å². The van der Waals surface area contributed by atoms with Crippen LogP contribution in [0.3, 0.4) is 0 Å². The molecular weight excluding hydrogens is 395 g/mol. The molecule has 2 nitrogen and oxygen atoms in total. The highest BCUT2D eigenvalue weighted by Crippen LogP contribution is 2.39. The second-order valence-electron chi connectivity index (χ2n) is 5.29. The van der Waals surface area contributed by atoms with E-state index in [1.165, 1.54) is 6.07 Å². The Labute approximate surface area is 154 Å². The van der Waals surface area contributed by atoms with E-state index in [9.17, 15) is 22.4 Å². The Hall–Kier alpha value is -2.31. The molecule has 3 aromatic rings. The second-order valence-corrected chi connectivity index (χ2v) is 6.11. The molecule has 3 aromatic carbocycles. The van der Waals surface area contributed by atoms with Crippen LogP contribution in [0.4, 0.5) is 17.6 Å². The summed E-state index contributed by atoms with van der Waals surface area (Å²) in [4.78, 5) is 12.3. The minimum atomic E-state index is -4.93. The van der Waals surface area contributed by atoms with Gasteiger partial charge in [0.15, 0.2) is 5.75 Å². The molecule has 0 fully saturated rings. The van der Waals surface area contributed by atoms with E-state index in [1.54, 1.807) is 24.3 Å². The maximum absolute atomic E-state index is 13.2. The van der Waals surface area contributed by atoms with Gasteiger partial charge >= 0.3 is 12.1 Å². The van der Waals surface area contributed by atoms with Crippen LogP contribution >= 0.6 is 23.2 Å². The lowest BCUT2D eigenvalue weighted by atomic mass is 10.1. The van der Waals surface area contributed by atoms with Crippen LogP contribution in [0, 0.1) is 5.82 Å². The zero-order chi connectivity index (χ0) is 19.1. The Morgan fingerprint density at radius 1 is 0.923 bits per heavy atom. The summed E-state index contributed by atoms with van der Waals surface area (Å²) in [5.74, 6) is -2.57. The molecule has 0 heterocycles. The van der Waals surface area contributed by atoms with Gasteiger partial charge in [-0.15, -0.1) is 0 Å². The molecule has 0 saturated heterocycles. The Kier molecular flexibility index (Phi) is 4.82. The summed E-state index contributed by atoms with van der Waals surface area (Å²) in [7, 11) is 0. The van der Waals surface area contributed by atoms with Gasteiger partial charge in [0, 0.05) is 10.8 Å². The number of ether oxygens (including phenoxy) is 1. The van der Waals surface area contributed by atoms with Crippen molar-refractivity contribution in [2.75, 3.05) is 0 Å². The van der Waals surface area contributed by atoms with Crippen molar-refractivity contribution >= 4 is 39.9 Å². The van der Waals surface area contributed by atoms with Gasteiger partial charge in [-0.2, -0.15) is 13.2 Å². The van der Waals surface area contributed by atoms with Crippen molar-refractivity contribution in [2.24, 2.45) is 0 Å². The fourth-order valence-corrected chi connectivity index (χ4v) is 3.03. The molecule has 0 aliphatic rings. The minimum Gasteiger partial charge on any atom is -0.421 e. The summed E-state index contributed by atoms with van der Waals surface area (Å²) < 4.78 is 57.6. The number of hydrogen-bond donors (Lipinski definition) is 0. The third-order valence-corrected chi connectivity index (χ3v) is 4.19. The third kappa shape index (κ3) is 3.48. The van der Waals surface area contributed by atoms with Gasteiger partial charge < -0.3 is 4.74 Å². The van der Waals surface area contributed by atoms with Crippen LogP contribution in [0.5, 0.6) is 5.75 Å². The number of rotatable bonds is 2. The highest BCUT2D eigenvalue weighted by molar-refractivity contribution is 6.40. The van der Waals surface area contributed by atoms with Gasteiger partial charge in [-0.05, 0) is 24.3 Å². The predicted molar refractivity (Wildman–Crippen MR) is 90.3 cm³/mol. The zero-order valence-electron chi connectivity index (χ0n) is 12.7. The highest BCUT2D eigenvalue weighted by Gasteiger charge is 2.36. The number of carbonyl (C=O) groups is 1. The van der Waals surface area contributed by atoms with Gasteiger partial charge in [0.2, 0.25) is 0 Å². The molecule has 0 bridgehead atoms. The lowest BCUT2D eigenvalue weighted by molar-refractivity contribution is -0.138. The number of hydrogen-bond acceptors (Lipinski definition) is 2. The van der Waals surface area contributed by atoms with E-state index < -0.39 is 29.1 Å². The van der Waals surface area contributed by atoms with Crippen molar-refractivity contribution in [1.29, 1.82) is 0 Å². The van der Waals surface area contributed by atoms with Crippen LogP contribution in [0.25, 0.3) is 10.8 Å². The molecule has 0 radical (unpaired) electrons. The second kappa shape index (κ2) is 6.78. The van der Waals surface area contributed by atoms with Crippen LogP contribution < -0.4 is 4.74 Å². The largest absolute Gasteiger partial charge is 0.421 e. The van der Waals surface area contributed by atoms with Crippen molar-refractivity contribution in [3.8, 4) is 5.75 Å². The molecule has 0 aliphatic heterocycles. The summed E-state index contributed by atoms with van der Waals surface area (Å²) in [5, 5.41) is 1.12. The van der Waals surface area contributed by atoms with Crippen molar-refractivity contribution in [2.45, 2.75) is 6.18 Å². The normalized spacial score (nSPS) is 11.6. The monoisotopic (exact) mass is 402 g/mol. The summed E-state index contributed by atoms with van der Waals surface area (Å²) in [5.41, 5.74) is -2.26. The maximum Gasteiger partial charge on any atom is 0.417 e. The van der Waals surface area contributed by atoms with Crippen molar-refractivity contribution in [1.82, 2.24) is 0 Å². The minimum absolute atomic E-state index is 0.0438. The van der Waals surface area contributed by atoms with Gasteiger partial charge in [-0.1, -0.05) is 47.5 Å². The Balaban J connectivity index is 2.09. The quantitative estimate of drug-likeness (QED) is 0.277. The van der Waals surface area contributed by atoms with Crippen LogP contribution in [0.2, 0.25) is 10.0 Å². The van der Waals surface area contributed by atoms with E-state index in [-0.39, 0.29) is 16.8 Å². The van der Waals surface area contributed by atoms with E-state index in [1.807, 2.05) is 0 Å². The lowest BCUT2D eigenvalue weighted by Crippen LogP contribution is -2.17.